The maximum Gasteiger partial charge on any atom is 0.280 e. The lowest BCUT2D eigenvalue weighted by molar-refractivity contribution is -0.384. The first-order valence-corrected chi connectivity index (χ1v) is 7.84. The van der Waals surface area contributed by atoms with E-state index in [2.05, 4.69) is 10.1 Å². The number of nitrogens with one attached hydrogen (secondary N) is 1. The number of hydrogen-bond acceptors (Lipinski definition) is 5. The molecule has 0 amide bonds. The van der Waals surface area contributed by atoms with E-state index < -0.39 is 10.7 Å². The monoisotopic (exact) mass is 370 g/mol. The molecule has 9 heteroatoms. The van der Waals surface area contributed by atoms with Gasteiger partial charge in [-0.3, -0.25) is 25.0 Å². The number of rotatable bonds is 5. The number of aromatic amines is 1. The number of aliphatic imine (C=N–C) groups is 1. The highest BCUT2D eigenvalue weighted by molar-refractivity contribution is 5.84. The molecule has 138 valence electrons. The van der Waals surface area contributed by atoms with Gasteiger partial charge in [0.1, 0.15) is 17.3 Å². The topological polar surface area (TPSA) is 103 Å². The zero-order valence-corrected chi connectivity index (χ0v) is 14.5. The van der Waals surface area contributed by atoms with Crippen LogP contribution in [0, 0.1) is 22.9 Å². The van der Waals surface area contributed by atoms with Gasteiger partial charge in [0.15, 0.2) is 0 Å². The molecule has 1 heterocycles. The van der Waals surface area contributed by atoms with Gasteiger partial charge in [-0.1, -0.05) is 0 Å². The van der Waals surface area contributed by atoms with Crippen LogP contribution in [0.15, 0.2) is 52.3 Å². The van der Waals surface area contributed by atoms with Gasteiger partial charge in [0.05, 0.1) is 23.3 Å². The Morgan fingerprint density at radius 1 is 1.26 bits per heavy atom. The van der Waals surface area contributed by atoms with Crippen LogP contribution in [-0.2, 0) is 0 Å². The number of benzene rings is 2. The predicted octanol–water partition coefficient (Wildman–Crippen LogP) is 3.28. The van der Waals surface area contributed by atoms with Crippen LogP contribution >= 0.6 is 0 Å². The standard InChI is InChI=1S/C18H15FN4O4/c1-11-15(18(24)22(21-11)13-5-3-12(19)4-6-13)10-20-16-9-14(23(25)26)7-8-17(16)27-2/h3-10,21H,1-2H3. The number of ether oxygens (including phenoxy) is 1. The first kappa shape index (κ1) is 18.1. The zero-order valence-electron chi connectivity index (χ0n) is 14.5. The summed E-state index contributed by atoms with van der Waals surface area (Å²) in [4.78, 5) is 27.2. The lowest BCUT2D eigenvalue weighted by atomic mass is 10.2. The fourth-order valence-electron chi connectivity index (χ4n) is 2.51. The molecule has 3 rings (SSSR count). The summed E-state index contributed by atoms with van der Waals surface area (Å²) in [6, 6.07) is 9.44. The first-order valence-electron chi connectivity index (χ1n) is 7.84. The van der Waals surface area contributed by atoms with Crippen molar-refractivity contribution < 1.29 is 14.1 Å². The molecular weight excluding hydrogens is 355 g/mol. The average molecular weight is 370 g/mol. The third-order valence-electron chi connectivity index (χ3n) is 3.91. The third kappa shape index (κ3) is 3.61. The fourth-order valence-corrected chi connectivity index (χ4v) is 2.51. The number of hydrogen-bond donors (Lipinski definition) is 1. The Labute approximate surface area is 152 Å². The molecule has 0 aliphatic heterocycles. The smallest absolute Gasteiger partial charge is 0.280 e. The summed E-state index contributed by atoms with van der Waals surface area (Å²) in [5, 5.41) is 13.8. The van der Waals surface area contributed by atoms with Crippen molar-refractivity contribution in [2.75, 3.05) is 7.11 Å². The zero-order chi connectivity index (χ0) is 19.6. The van der Waals surface area contributed by atoms with E-state index >= 15 is 0 Å². The van der Waals surface area contributed by atoms with Gasteiger partial charge in [0.2, 0.25) is 0 Å². The number of H-pyrrole nitrogens is 1. The number of halogens is 1. The molecule has 0 fully saturated rings. The van der Waals surface area contributed by atoms with Crippen molar-refractivity contribution >= 4 is 17.6 Å². The van der Waals surface area contributed by atoms with Crippen molar-refractivity contribution in [1.82, 2.24) is 9.78 Å². The van der Waals surface area contributed by atoms with Crippen molar-refractivity contribution in [3.63, 3.8) is 0 Å². The molecule has 0 aliphatic carbocycles. The number of aromatic nitrogens is 2. The Morgan fingerprint density at radius 2 is 1.96 bits per heavy atom. The van der Waals surface area contributed by atoms with E-state index in [0.29, 0.717) is 17.1 Å². The number of methoxy groups -OCH3 is 1. The van der Waals surface area contributed by atoms with E-state index in [1.54, 1.807) is 6.92 Å². The van der Waals surface area contributed by atoms with E-state index in [0.717, 1.165) is 0 Å². The minimum absolute atomic E-state index is 0.141. The van der Waals surface area contributed by atoms with E-state index in [1.165, 1.54) is 60.5 Å². The number of aryl methyl sites for hydroxylation is 1. The summed E-state index contributed by atoms with van der Waals surface area (Å²) in [6.07, 6.45) is 1.32. The second-order valence-electron chi connectivity index (χ2n) is 5.64. The molecule has 0 saturated heterocycles. The number of nitro benzene ring substituents is 1. The van der Waals surface area contributed by atoms with Crippen molar-refractivity contribution in [3.8, 4) is 11.4 Å². The molecule has 0 unspecified atom stereocenters. The van der Waals surface area contributed by atoms with Gasteiger partial charge in [0.25, 0.3) is 11.2 Å². The van der Waals surface area contributed by atoms with Crippen molar-refractivity contribution in [1.29, 1.82) is 0 Å². The van der Waals surface area contributed by atoms with Gasteiger partial charge in [0, 0.05) is 24.0 Å². The summed E-state index contributed by atoms with van der Waals surface area (Å²) in [5.74, 6) is -0.0708. The second-order valence-corrected chi connectivity index (χ2v) is 5.64. The minimum Gasteiger partial charge on any atom is -0.494 e. The van der Waals surface area contributed by atoms with Gasteiger partial charge < -0.3 is 4.74 Å². The van der Waals surface area contributed by atoms with Gasteiger partial charge in [-0.2, -0.15) is 0 Å². The summed E-state index contributed by atoms with van der Waals surface area (Å²) < 4.78 is 19.5. The maximum absolute atomic E-state index is 13.1. The fraction of sp³-hybridized carbons (Fsp3) is 0.111. The molecule has 1 N–H and O–H groups in total. The predicted molar refractivity (Wildman–Crippen MR) is 98.0 cm³/mol. The Bertz CT molecular complexity index is 1080. The quantitative estimate of drug-likeness (QED) is 0.423. The Kier molecular flexibility index (Phi) is 4.84. The molecule has 8 nitrogen and oxygen atoms in total. The molecule has 0 bridgehead atoms. The number of nitrogens with zero attached hydrogens (tertiary/aromatic N) is 3. The van der Waals surface area contributed by atoms with Crippen molar-refractivity contribution in [2.24, 2.45) is 4.99 Å². The van der Waals surface area contributed by atoms with Crippen LogP contribution in [-0.4, -0.2) is 28.0 Å². The normalized spacial score (nSPS) is 11.1. The van der Waals surface area contributed by atoms with E-state index in [-0.39, 0.29) is 22.5 Å². The summed E-state index contributed by atoms with van der Waals surface area (Å²) in [5.41, 5.74) is 0.979. The lowest BCUT2D eigenvalue weighted by Gasteiger charge is -2.03. The van der Waals surface area contributed by atoms with Gasteiger partial charge >= 0.3 is 0 Å². The summed E-state index contributed by atoms with van der Waals surface area (Å²) in [7, 11) is 1.42. The van der Waals surface area contributed by atoms with E-state index in [1.807, 2.05) is 0 Å². The van der Waals surface area contributed by atoms with Crippen LogP contribution in [0.5, 0.6) is 5.75 Å². The number of nitro groups is 1. The van der Waals surface area contributed by atoms with Gasteiger partial charge in [-0.15, -0.1) is 0 Å². The average Bonchev–Trinajstić information content (AvgIpc) is 2.94. The molecule has 0 aliphatic rings. The van der Waals surface area contributed by atoms with Crippen LogP contribution in [0.25, 0.3) is 5.69 Å². The highest BCUT2D eigenvalue weighted by Crippen LogP contribution is 2.31. The van der Waals surface area contributed by atoms with E-state index in [4.69, 9.17) is 4.74 Å². The summed E-state index contributed by atoms with van der Waals surface area (Å²) in [6.45, 7) is 1.69. The highest BCUT2D eigenvalue weighted by atomic mass is 19.1. The SMILES string of the molecule is COc1ccc([N+](=O)[O-])cc1N=Cc1c(C)[nH]n(-c2ccc(F)cc2)c1=O. The third-order valence-corrected chi connectivity index (χ3v) is 3.91. The van der Waals surface area contributed by atoms with Crippen LogP contribution in [0.4, 0.5) is 15.8 Å². The highest BCUT2D eigenvalue weighted by Gasteiger charge is 2.13. The molecule has 2 aromatic carbocycles. The van der Waals surface area contributed by atoms with Crippen molar-refractivity contribution in [2.45, 2.75) is 6.92 Å². The van der Waals surface area contributed by atoms with Crippen molar-refractivity contribution in [3.05, 3.63) is 80.0 Å². The van der Waals surface area contributed by atoms with Crippen LogP contribution in [0.1, 0.15) is 11.3 Å². The molecule has 27 heavy (non-hydrogen) atoms. The molecule has 0 radical (unpaired) electrons. The van der Waals surface area contributed by atoms with Gasteiger partial charge in [-0.05, 0) is 37.3 Å². The van der Waals surface area contributed by atoms with Crippen LogP contribution in [0.2, 0.25) is 0 Å². The van der Waals surface area contributed by atoms with E-state index in [9.17, 15) is 19.3 Å². The largest absolute Gasteiger partial charge is 0.494 e. The Morgan fingerprint density at radius 3 is 2.59 bits per heavy atom. The molecule has 3 aromatic rings. The molecule has 0 saturated carbocycles. The second kappa shape index (κ2) is 7.24. The maximum atomic E-state index is 13.1. The van der Waals surface area contributed by atoms with Gasteiger partial charge in [-0.25, -0.2) is 9.07 Å². The molecule has 1 aromatic heterocycles. The number of non-ortho nitro benzene ring substituents is 1. The van der Waals surface area contributed by atoms with Crippen LogP contribution < -0.4 is 10.3 Å². The first-order chi connectivity index (χ1) is 12.9. The Hall–Kier alpha value is -3.75. The molecular formula is C18H15FN4O4. The molecule has 0 atom stereocenters. The summed E-state index contributed by atoms with van der Waals surface area (Å²) >= 11 is 0. The Balaban J connectivity index is 2.01. The lowest BCUT2D eigenvalue weighted by Crippen LogP contribution is -2.17. The van der Waals surface area contributed by atoms with Crippen LogP contribution in [0.3, 0.4) is 0 Å². The minimum atomic E-state index is -0.540. The molecule has 0 spiro atoms.